The van der Waals surface area contributed by atoms with Crippen LogP contribution in [0.15, 0.2) is 47.6 Å². The number of halogens is 4. The van der Waals surface area contributed by atoms with E-state index in [9.17, 15) is 18.0 Å². The number of hydrogen-bond acceptors (Lipinski definition) is 5. The van der Waals surface area contributed by atoms with Crippen molar-refractivity contribution in [3.63, 3.8) is 0 Å². The maximum Gasteiger partial charge on any atom is 0.387 e. The number of amides is 1. The van der Waals surface area contributed by atoms with Crippen molar-refractivity contribution in [2.24, 2.45) is 7.05 Å². The highest BCUT2D eigenvalue weighted by atomic mass is 35.5. The highest BCUT2D eigenvalue weighted by Gasteiger charge is 2.16. The average molecular weight is 443 g/mol. The monoisotopic (exact) mass is 442 g/mol. The standard InChI is InChI=1S/C18H14ClF3N4O2S/c1-26-16(11-4-2-3-5-13(11)20)24-25-18(26)29-9-15(27)23-10-6-7-14(12(19)8-10)28-17(21)22/h2-8,17H,9H2,1H3,(H,23,27). The third-order valence-electron chi connectivity index (χ3n) is 3.71. The lowest BCUT2D eigenvalue weighted by Crippen LogP contribution is -2.14. The number of hydrogen-bond donors (Lipinski definition) is 1. The van der Waals surface area contributed by atoms with Crippen LogP contribution < -0.4 is 10.1 Å². The Morgan fingerprint density at radius 2 is 2.03 bits per heavy atom. The zero-order valence-electron chi connectivity index (χ0n) is 14.9. The first-order valence-corrected chi connectivity index (χ1v) is 9.53. The number of nitrogens with one attached hydrogen (secondary N) is 1. The molecule has 1 amide bonds. The third-order valence-corrected chi connectivity index (χ3v) is 5.03. The fourth-order valence-corrected chi connectivity index (χ4v) is 3.35. The Balaban J connectivity index is 1.62. The van der Waals surface area contributed by atoms with Crippen LogP contribution in [0, 0.1) is 5.82 Å². The van der Waals surface area contributed by atoms with Crippen LogP contribution in [0.25, 0.3) is 11.4 Å². The Bertz CT molecular complexity index is 1030. The molecule has 0 saturated carbocycles. The van der Waals surface area contributed by atoms with Crippen LogP contribution in [-0.4, -0.2) is 33.0 Å². The minimum absolute atomic E-state index is 0.00382. The number of carbonyl (C=O) groups is 1. The lowest BCUT2D eigenvalue weighted by atomic mass is 10.2. The van der Waals surface area contributed by atoms with Crippen molar-refractivity contribution in [1.82, 2.24) is 14.8 Å². The molecule has 152 valence electrons. The van der Waals surface area contributed by atoms with E-state index in [-0.39, 0.29) is 22.4 Å². The smallest absolute Gasteiger partial charge is 0.387 e. The first kappa shape index (κ1) is 21.0. The zero-order chi connectivity index (χ0) is 21.0. The number of anilines is 1. The Kier molecular flexibility index (Phi) is 6.65. The zero-order valence-corrected chi connectivity index (χ0v) is 16.5. The van der Waals surface area contributed by atoms with Crippen LogP contribution in [0.4, 0.5) is 18.9 Å². The van der Waals surface area contributed by atoms with Crippen molar-refractivity contribution < 1.29 is 22.7 Å². The summed E-state index contributed by atoms with van der Waals surface area (Å²) < 4.78 is 44.3. The van der Waals surface area contributed by atoms with Gasteiger partial charge in [0.25, 0.3) is 0 Å². The summed E-state index contributed by atoms with van der Waals surface area (Å²) in [5.74, 6) is -0.644. The van der Waals surface area contributed by atoms with E-state index in [0.29, 0.717) is 22.2 Å². The van der Waals surface area contributed by atoms with Crippen LogP contribution in [0.5, 0.6) is 5.75 Å². The van der Waals surface area contributed by atoms with Gasteiger partial charge >= 0.3 is 6.61 Å². The van der Waals surface area contributed by atoms with Gasteiger partial charge in [-0.25, -0.2) is 4.39 Å². The van der Waals surface area contributed by atoms with Crippen molar-refractivity contribution in [1.29, 1.82) is 0 Å². The molecular formula is C18H14ClF3N4O2S. The first-order valence-electron chi connectivity index (χ1n) is 8.16. The summed E-state index contributed by atoms with van der Waals surface area (Å²) in [5, 5.41) is 10.9. The predicted octanol–water partition coefficient (Wildman–Crippen LogP) is 4.61. The van der Waals surface area contributed by atoms with Crippen molar-refractivity contribution in [3.05, 3.63) is 53.3 Å². The number of benzene rings is 2. The Hall–Kier alpha value is -2.72. The van der Waals surface area contributed by atoms with E-state index in [1.54, 1.807) is 29.8 Å². The summed E-state index contributed by atoms with van der Waals surface area (Å²) in [6, 6.07) is 10.1. The van der Waals surface area contributed by atoms with Crippen molar-refractivity contribution >= 4 is 35.0 Å². The van der Waals surface area contributed by atoms with Gasteiger partial charge in [-0.1, -0.05) is 35.5 Å². The number of ether oxygens (including phenoxy) is 1. The molecule has 2 aromatic carbocycles. The molecule has 0 saturated heterocycles. The molecule has 0 spiro atoms. The molecule has 1 N–H and O–H groups in total. The molecule has 0 aliphatic rings. The maximum absolute atomic E-state index is 13.9. The van der Waals surface area contributed by atoms with E-state index in [0.717, 1.165) is 11.8 Å². The van der Waals surface area contributed by atoms with Crippen LogP contribution in [0.3, 0.4) is 0 Å². The molecule has 11 heteroatoms. The molecule has 0 unspecified atom stereocenters. The summed E-state index contributed by atoms with van der Waals surface area (Å²) >= 11 is 6.97. The van der Waals surface area contributed by atoms with Gasteiger partial charge in [-0.2, -0.15) is 8.78 Å². The number of nitrogens with zero attached hydrogens (tertiary/aromatic N) is 3. The molecule has 1 heterocycles. The largest absolute Gasteiger partial charge is 0.433 e. The molecular weight excluding hydrogens is 429 g/mol. The number of carbonyl (C=O) groups excluding carboxylic acids is 1. The molecule has 0 bridgehead atoms. The molecule has 29 heavy (non-hydrogen) atoms. The molecule has 0 aliphatic carbocycles. The normalized spacial score (nSPS) is 11.0. The van der Waals surface area contributed by atoms with Gasteiger partial charge in [0.2, 0.25) is 5.91 Å². The summed E-state index contributed by atoms with van der Waals surface area (Å²) in [6.45, 7) is -3.00. The second-order valence-corrected chi connectivity index (χ2v) is 7.06. The molecule has 0 fully saturated rings. The molecule has 0 aliphatic heterocycles. The first-order chi connectivity index (χ1) is 13.8. The molecule has 3 aromatic rings. The fourth-order valence-electron chi connectivity index (χ4n) is 2.41. The second kappa shape index (κ2) is 9.19. The fraction of sp³-hybridized carbons (Fsp3) is 0.167. The van der Waals surface area contributed by atoms with Gasteiger partial charge < -0.3 is 14.6 Å². The van der Waals surface area contributed by atoms with Crippen molar-refractivity contribution in [3.8, 4) is 17.1 Å². The number of aromatic nitrogens is 3. The Labute approximate surface area is 173 Å². The van der Waals surface area contributed by atoms with Gasteiger partial charge in [0, 0.05) is 12.7 Å². The lowest BCUT2D eigenvalue weighted by Gasteiger charge is -2.09. The van der Waals surface area contributed by atoms with Crippen LogP contribution >= 0.6 is 23.4 Å². The number of rotatable bonds is 7. The van der Waals surface area contributed by atoms with E-state index >= 15 is 0 Å². The molecule has 3 rings (SSSR count). The summed E-state index contributed by atoms with van der Waals surface area (Å²) in [6.07, 6.45) is 0. The van der Waals surface area contributed by atoms with Gasteiger partial charge in [0.05, 0.1) is 16.3 Å². The Morgan fingerprint density at radius 3 is 2.72 bits per heavy atom. The minimum Gasteiger partial charge on any atom is -0.433 e. The SMILES string of the molecule is Cn1c(SCC(=O)Nc2ccc(OC(F)F)c(Cl)c2)nnc1-c1ccccc1F. The van der Waals surface area contributed by atoms with Gasteiger partial charge in [0.1, 0.15) is 11.6 Å². The number of alkyl halides is 2. The second-order valence-electron chi connectivity index (χ2n) is 5.71. The van der Waals surface area contributed by atoms with E-state index in [1.165, 1.54) is 24.3 Å². The van der Waals surface area contributed by atoms with E-state index in [2.05, 4.69) is 20.3 Å². The molecule has 1 aromatic heterocycles. The predicted molar refractivity (Wildman–Crippen MR) is 104 cm³/mol. The highest BCUT2D eigenvalue weighted by molar-refractivity contribution is 7.99. The van der Waals surface area contributed by atoms with Gasteiger partial charge in [-0.3, -0.25) is 4.79 Å². The van der Waals surface area contributed by atoms with Crippen molar-refractivity contribution in [2.45, 2.75) is 11.8 Å². The summed E-state index contributed by atoms with van der Waals surface area (Å²) in [5.41, 5.74) is 0.631. The van der Waals surface area contributed by atoms with Crippen LogP contribution in [0.1, 0.15) is 0 Å². The van der Waals surface area contributed by atoms with Gasteiger partial charge in [-0.05, 0) is 30.3 Å². The maximum atomic E-state index is 13.9. The lowest BCUT2D eigenvalue weighted by molar-refractivity contribution is -0.113. The number of thioether (sulfide) groups is 1. The topological polar surface area (TPSA) is 69.0 Å². The quantitative estimate of drug-likeness (QED) is 0.541. The molecule has 0 radical (unpaired) electrons. The van der Waals surface area contributed by atoms with E-state index in [1.807, 2.05) is 0 Å². The Morgan fingerprint density at radius 1 is 1.28 bits per heavy atom. The summed E-state index contributed by atoms with van der Waals surface area (Å²) in [7, 11) is 1.67. The van der Waals surface area contributed by atoms with Crippen molar-refractivity contribution in [2.75, 3.05) is 11.1 Å². The van der Waals surface area contributed by atoms with E-state index in [4.69, 9.17) is 11.6 Å². The summed E-state index contributed by atoms with van der Waals surface area (Å²) in [4.78, 5) is 12.2. The minimum atomic E-state index is -3.00. The van der Waals surface area contributed by atoms with Crippen LogP contribution in [-0.2, 0) is 11.8 Å². The third kappa shape index (κ3) is 5.21. The van der Waals surface area contributed by atoms with Crippen LogP contribution in [0.2, 0.25) is 5.02 Å². The van der Waals surface area contributed by atoms with E-state index < -0.39 is 12.4 Å². The average Bonchev–Trinajstić information content (AvgIpc) is 3.03. The molecule has 6 nitrogen and oxygen atoms in total. The van der Waals surface area contributed by atoms with Gasteiger partial charge in [-0.15, -0.1) is 10.2 Å². The molecule has 0 atom stereocenters. The highest BCUT2D eigenvalue weighted by Crippen LogP contribution is 2.29. The van der Waals surface area contributed by atoms with Gasteiger partial charge in [0.15, 0.2) is 11.0 Å².